The zero-order valence-corrected chi connectivity index (χ0v) is 13.8. The number of hydrogen-bond donors (Lipinski definition) is 3. The number of benzene rings is 1. The Morgan fingerprint density at radius 1 is 1.40 bits per heavy atom. The van der Waals surface area contributed by atoms with Crippen LogP contribution in [-0.4, -0.2) is 30.3 Å². The van der Waals surface area contributed by atoms with Crippen molar-refractivity contribution in [3.63, 3.8) is 0 Å². The minimum Gasteiger partial charge on any atom is -0.361 e. The number of rotatable bonds is 3. The average molecular weight is 337 g/mol. The molecule has 1 amide bonds. The maximum absolute atomic E-state index is 14.3. The molecule has 0 saturated carbocycles. The van der Waals surface area contributed by atoms with E-state index in [-0.39, 0.29) is 17.3 Å². The first kappa shape index (κ1) is 16.7. The lowest BCUT2D eigenvalue weighted by Crippen LogP contribution is -2.05. The van der Waals surface area contributed by atoms with E-state index in [9.17, 15) is 14.0 Å². The van der Waals surface area contributed by atoms with E-state index in [0.29, 0.717) is 34.6 Å². The number of aromatic amines is 1. The Kier molecular flexibility index (Phi) is 4.50. The third kappa shape index (κ3) is 3.23. The highest BCUT2D eigenvalue weighted by molar-refractivity contribution is 6.35. The van der Waals surface area contributed by atoms with Gasteiger partial charge in [0.05, 0.1) is 23.4 Å². The van der Waals surface area contributed by atoms with Crippen molar-refractivity contribution in [1.82, 2.24) is 10.3 Å². The Morgan fingerprint density at radius 3 is 2.88 bits per heavy atom. The number of amides is 1. The summed E-state index contributed by atoms with van der Waals surface area (Å²) >= 11 is 0. The van der Waals surface area contributed by atoms with Gasteiger partial charge < -0.3 is 15.6 Å². The van der Waals surface area contributed by atoms with Gasteiger partial charge in [0.1, 0.15) is 5.82 Å². The number of halogens is 1. The summed E-state index contributed by atoms with van der Waals surface area (Å²) in [5.74, 6) is 4.71. The number of aromatic nitrogens is 1. The fraction of sp³-hybridized carbons (Fsp3) is 0.158. The molecular formula is C19H16FN3O2. The second kappa shape index (κ2) is 6.75. The quantitative estimate of drug-likeness (QED) is 0.457. The molecule has 0 radical (unpaired) electrons. The number of ketones is 1. The van der Waals surface area contributed by atoms with Crippen LogP contribution < -0.4 is 10.6 Å². The molecule has 1 aliphatic heterocycles. The van der Waals surface area contributed by atoms with Crippen LogP contribution in [0.2, 0.25) is 0 Å². The van der Waals surface area contributed by atoms with Crippen molar-refractivity contribution in [1.29, 1.82) is 0 Å². The van der Waals surface area contributed by atoms with Crippen molar-refractivity contribution in [2.45, 2.75) is 6.92 Å². The van der Waals surface area contributed by atoms with Gasteiger partial charge in [-0.3, -0.25) is 9.59 Å². The van der Waals surface area contributed by atoms with Gasteiger partial charge in [0.15, 0.2) is 5.78 Å². The normalized spacial score (nSPS) is 14.0. The third-order valence-corrected chi connectivity index (χ3v) is 3.81. The zero-order chi connectivity index (χ0) is 18.0. The maximum atomic E-state index is 14.3. The highest BCUT2D eigenvalue weighted by atomic mass is 19.1. The zero-order valence-electron chi connectivity index (χ0n) is 13.8. The minimum absolute atomic E-state index is 0.0816. The monoisotopic (exact) mass is 337 g/mol. The molecule has 0 saturated heterocycles. The summed E-state index contributed by atoms with van der Waals surface area (Å²) in [5, 5.41) is 5.59. The highest BCUT2D eigenvalue weighted by Crippen LogP contribution is 2.36. The Hall–Kier alpha value is -3.17. The SMILES string of the molecule is CNCC#Cc1c(F)ccc2c1C(=Cc1cc(C(C)=O)c[nH]1)C(=O)N2. The van der Waals surface area contributed by atoms with Crippen LogP contribution in [0.25, 0.3) is 11.6 Å². The van der Waals surface area contributed by atoms with Crippen LogP contribution >= 0.6 is 0 Å². The number of carbonyl (C=O) groups excluding carboxylic acids is 2. The summed E-state index contributed by atoms with van der Waals surface area (Å²) < 4.78 is 14.3. The molecule has 126 valence electrons. The van der Waals surface area contributed by atoms with E-state index in [1.165, 1.54) is 19.1 Å². The molecule has 0 atom stereocenters. The molecule has 3 rings (SSSR count). The summed E-state index contributed by atoms with van der Waals surface area (Å²) in [7, 11) is 1.74. The van der Waals surface area contributed by atoms with Crippen LogP contribution in [0.15, 0.2) is 24.4 Å². The van der Waals surface area contributed by atoms with E-state index in [1.807, 2.05) is 0 Å². The van der Waals surface area contributed by atoms with Crippen LogP contribution in [0, 0.1) is 17.7 Å². The lowest BCUT2D eigenvalue weighted by molar-refractivity contribution is -0.110. The van der Waals surface area contributed by atoms with Crippen LogP contribution in [0.3, 0.4) is 0 Å². The van der Waals surface area contributed by atoms with Crippen LogP contribution in [0.4, 0.5) is 10.1 Å². The largest absolute Gasteiger partial charge is 0.361 e. The van der Waals surface area contributed by atoms with E-state index >= 15 is 0 Å². The minimum atomic E-state index is -0.485. The summed E-state index contributed by atoms with van der Waals surface area (Å²) in [5.41, 5.74) is 2.54. The number of hydrogen-bond acceptors (Lipinski definition) is 3. The first-order chi connectivity index (χ1) is 12.0. The van der Waals surface area contributed by atoms with E-state index in [1.54, 1.807) is 25.4 Å². The first-order valence-electron chi connectivity index (χ1n) is 7.70. The van der Waals surface area contributed by atoms with Gasteiger partial charge in [0.2, 0.25) is 0 Å². The summed E-state index contributed by atoms with van der Waals surface area (Å²) in [4.78, 5) is 26.7. The molecule has 2 aromatic rings. The maximum Gasteiger partial charge on any atom is 0.256 e. The van der Waals surface area contributed by atoms with E-state index in [0.717, 1.165) is 0 Å². The molecule has 0 spiro atoms. The standard InChI is InChI=1S/C19H16FN3O2/c1-11(24)12-8-13(22-10-12)9-15-18-14(4-3-7-21-2)16(20)5-6-17(18)23-19(15)25/h5-6,8-10,21-22H,7H2,1-2H3,(H,23,25). The Labute approximate surface area is 144 Å². The second-order valence-corrected chi connectivity index (χ2v) is 5.59. The third-order valence-electron chi connectivity index (χ3n) is 3.81. The molecular weight excluding hydrogens is 321 g/mol. The molecule has 0 unspecified atom stereocenters. The second-order valence-electron chi connectivity index (χ2n) is 5.59. The van der Waals surface area contributed by atoms with Gasteiger partial charge in [0, 0.05) is 23.0 Å². The molecule has 5 nitrogen and oxygen atoms in total. The smallest absolute Gasteiger partial charge is 0.256 e. The van der Waals surface area contributed by atoms with Gasteiger partial charge in [-0.05, 0) is 38.2 Å². The van der Waals surface area contributed by atoms with Gasteiger partial charge in [-0.1, -0.05) is 11.8 Å². The molecule has 0 bridgehead atoms. The number of H-pyrrole nitrogens is 1. The van der Waals surface area contributed by atoms with Crippen molar-refractivity contribution < 1.29 is 14.0 Å². The summed E-state index contributed by atoms with van der Waals surface area (Å²) in [6, 6.07) is 4.45. The van der Waals surface area contributed by atoms with Crippen molar-refractivity contribution in [3.8, 4) is 11.8 Å². The molecule has 1 aliphatic rings. The molecule has 1 aromatic heterocycles. The molecule has 25 heavy (non-hydrogen) atoms. The van der Waals surface area contributed by atoms with Gasteiger partial charge in [-0.25, -0.2) is 4.39 Å². The molecule has 0 fully saturated rings. The number of Topliss-reactive ketones (excluding diaryl/α,β-unsaturated/α-hetero) is 1. The molecule has 1 aromatic carbocycles. The Morgan fingerprint density at radius 2 is 2.20 bits per heavy atom. The Balaban J connectivity index is 2.11. The highest BCUT2D eigenvalue weighted by Gasteiger charge is 2.28. The topological polar surface area (TPSA) is 74.0 Å². The number of anilines is 1. The van der Waals surface area contributed by atoms with E-state index in [2.05, 4.69) is 27.5 Å². The van der Waals surface area contributed by atoms with Gasteiger partial charge >= 0.3 is 0 Å². The Bertz CT molecular complexity index is 961. The average Bonchev–Trinajstić information content (AvgIpc) is 3.16. The molecule has 6 heteroatoms. The number of fused-ring (bicyclic) bond motifs is 1. The van der Waals surface area contributed by atoms with Crippen molar-refractivity contribution in [3.05, 3.63) is 52.6 Å². The fourth-order valence-electron chi connectivity index (χ4n) is 2.60. The molecule has 0 aliphatic carbocycles. The first-order valence-corrected chi connectivity index (χ1v) is 7.70. The van der Waals surface area contributed by atoms with E-state index in [4.69, 9.17) is 0 Å². The predicted octanol–water partition coefficient (Wildman–Crippen LogP) is 2.42. The van der Waals surface area contributed by atoms with Crippen LogP contribution in [0.1, 0.15) is 34.1 Å². The van der Waals surface area contributed by atoms with E-state index < -0.39 is 5.82 Å². The fourth-order valence-corrected chi connectivity index (χ4v) is 2.60. The number of nitrogens with one attached hydrogen (secondary N) is 3. The van der Waals surface area contributed by atoms with Crippen molar-refractivity contribution in [2.75, 3.05) is 18.9 Å². The van der Waals surface area contributed by atoms with Crippen molar-refractivity contribution >= 4 is 29.0 Å². The molecule has 3 N–H and O–H groups in total. The van der Waals surface area contributed by atoms with Crippen molar-refractivity contribution in [2.24, 2.45) is 0 Å². The molecule has 2 heterocycles. The van der Waals surface area contributed by atoms with Gasteiger partial charge in [-0.15, -0.1) is 0 Å². The van der Waals surface area contributed by atoms with Gasteiger partial charge in [-0.2, -0.15) is 0 Å². The predicted molar refractivity (Wildman–Crippen MR) is 94.5 cm³/mol. The summed E-state index contributed by atoms with van der Waals surface area (Å²) in [6.07, 6.45) is 3.16. The van der Waals surface area contributed by atoms with Crippen LogP contribution in [-0.2, 0) is 4.79 Å². The lowest BCUT2D eigenvalue weighted by atomic mass is 9.99. The number of carbonyl (C=O) groups is 2. The summed E-state index contributed by atoms with van der Waals surface area (Å²) in [6.45, 7) is 1.87. The van der Waals surface area contributed by atoms with Gasteiger partial charge in [0.25, 0.3) is 5.91 Å². The lowest BCUT2D eigenvalue weighted by Gasteiger charge is -2.04. The van der Waals surface area contributed by atoms with Crippen LogP contribution in [0.5, 0.6) is 0 Å².